The lowest BCUT2D eigenvalue weighted by atomic mass is 9.91. The van der Waals surface area contributed by atoms with Gasteiger partial charge < -0.3 is 61.4 Å². The van der Waals surface area contributed by atoms with Crippen molar-refractivity contribution in [2.24, 2.45) is 17.6 Å². The molecule has 0 saturated carbocycles. The van der Waals surface area contributed by atoms with Gasteiger partial charge in [-0.25, -0.2) is 28.6 Å². The van der Waals surface area contributed by atoms with Crippen molar-refractivity contribution in [2.75, 3.05) is 44.6 Å². The molecular formula is C75H89F3IN13O12S2. The third-order valence-electron chi connectivity index (χ3n) is 18.2. The van der Waals surface area contributed by atoms with Crippen LogP contribution in [0.5, 0.6) is 0 Å². The summed E-state index contributed by atoms with van der Waals surface area (Å²) >= 11 is 4.96. The Balaban J connectivity index is 0.000000272. The van der Waals surface area contributed by atoms with Crippen molar-refractivity contribution in [1.29, 1.82) is 0 Å². The summed E-state index contributed by atoms with van der Waals surface area (Å²) in [6.07, 6.45) is 0.763. The number of hydrogen-bond donors (Lipinski definition) is 9. The summed E-state index contributed by atoms with van der Waals surface area (Å²) in [5.74, 6) is -7.18. The number of thiazole rings is 2. The number of nitrogens with one attached hydrogen (secondary N) is 6. The Hall–Kier alpha value is -8.99. The van der Waals surface area contributed by atoms with Crippen molar-refractivity contribution < 1.29 is 70.8 Å². The predicted molar refractivity (Wildman–Crippen MR) is 401 cm³/mol. The van der Waals surface area contributed by atoms with Crippen molar-refractivity contribution in [3.63, 3.8) is 0 Å². The Morgan fingerprint density at radius 2 is 1.11 bits per heavy atom. The van der Waals surface area contributed by atoms with E-state index < -0.39 is 89.1 Å². The highest BCUT2D eigenvalue weighted by atomic mass is 127. The summed E-state index contributed by atoms with van der Waals surface area (Å²) in [6.45, 7) is 16.0. The molecule has 0 aliphatic carbocycles. The Kier molecular flexibility index (Phi) is 29.1. The molecule has 31 heteroatoms. The van der Waals surface area contributed by atoms with Gasteiger partial charge in [-0.05, 0) is 128 Å². The largest absolute Gasteiger partial charge is 0.391 e. The zero-order valence-corrected chi connectivity index (χ0v) is 63.8. The van der Waals surface area contributed by atoms with Gasteiger partial charge in [0.15, 0.2) is 11.6 Å². The highest BCUT2D eigenvalue weighted by Gasteiger charge is 2.46. The topological polar surface area (TPSA) is 352 Å². The molecule has 6 heterocycles. The van der Waals surface area contributed by atoms with E-state index in [-0.39, 0.29) is 92.1 Å². The Morgan fingerprint density at radius 3 is 1.55 bits per heavy atom. The first-order valence-corrected chi connectivity index (χ1v) is 37.8. The molecule has 7 amide bonds. The van der Waals surface area contributed by atoms with Gasteiger partial charge in [0.1, 0.15) is 41.3 Å². The molecule has 106 heavy (non-hydrogen) atoms. The van der Waals surface area contributed by atoms with Crippen LogP contribution in [0.15, 0.2) is 111 Å². The van der Waals surface area contributed by atoms with Crippen LogP contribution in [0.4, 0.5) is 24.5 Å². The van der Waals surface area contributed by atoms with Crippen molar-refractivity contribution in [1.82, 2.24) is 56.8 Å². The third-order valence-corrected chi connectivity index (χ3v) is 20.8. The van der Waals surface area contributed by atoms with Gasteiger partial charge in [-0.3, -0.25) is 38.4 Å². The number of hydrogen-bond acceptors (Lipinski definition) is 20. The molecule has 2 fully saturated rings. The van der Waals surface area contributed by atoms with Crippen molar-refractivity contribution in [2.45, 2.75) is 155 Å². The Labute approximate surface area is 633 Å². The van der Waals surface area contributed by atoms with Gasteiger partial charge in [0.2, 0.25) is 35.4 Å². The van der Waals surface area contributed by atoms with Gasteiger partial charge in [-0.15, -0.1) is 22.7 Å². The van der Waals surface area contributed by atoms with Gasteiger partial charge in [0, 0.05) is 61.3 Å². The number of rotatable bonds is 31. The summed E-state index contributed by atoms with van der Waals surface area (Å²) < 4.78 is 54.8. The van der Waals surface area contributed by atoms with Gasteiger partial charge in [-0.2, -0.15) is 0 Å². The molecule has 2 aliphatic rings. The number of carbonyl (C=O) groups excluding carboxylic acids is 7. The number of anilines is 2. The maximum Gasteiger partial charge on any atom is 0.277 e. The fraction of sp³-hybridized carbons (Fsp3) is 0.427. The zero-order chi connectivity index (χ0) is 76.5. The van der Waals surface area contributed by atoms with Crippen LogP contribution in [0.25, 0.3) is 20.9 Å². The van der Waals surface area contributed by atoms with Gasteiger partial charge in [0.25, 0.3) is 5.91 Å². The summed E-state index contributed by atoms with van der Waals surface area (Å²) in [5, 5.41) is 43.2. The molecule has 25 nitrogen and oxygen atoms in total. The number of amides is 7. The minimum atomic E-state index is -1.35. The first-order valence-electron chi connectivity index (χ1n) is 35.0. The number of carbonyl (C=O) groups is 7. The molecule has 566 valence electrons. The first-order chi connectivity index (χ1) is 50.7. The monoisotopic (exact) mass is 1610 g/mol. The fourth-order valence-electron chi connectivity index (χ4n) is 12.8. The third kappa shape index (κ3) is 21.2. The van der Waals surface area contributed by atoms with Crippen LogP contribution in [0.2, 0.25) is 0 Å². The number of likely N-dealkylation sites (tertiary alicyclic amines) is 2. The van der Waals surface area contributed by atoms with Crippen LogP contribution in [-0.2, 0) is 33.6 Å². The molecule has 2 saturated heterocycles. The van der Waals surface area contributed by atoms with E-state index in [1.165, 1.54) is 33.3 Å². The lowest BCUT2D eigenvalue weighted by Gasteiger charge is -2.30. The van der Waals surface area contributed by atoms with E-state index in [0.29, 0.717) is 77.4 Å². The van der Waals surface area contributed by atoms with Crippen molar-refractivity contribution in [3.05, 3.63) is 174 Å². The molecule has 8 atom stereocenters. The summed E-state index contributed by atoms with van der Waals surface area (Å²) in [5.41, 5.74) is 16.8. The second kappa shape index (κ2) is 38.0. The minimum Gasteiger partial charge on any atom is -0.391 e. The van der Waals surface area contributed by atoms with Crippen LogP contribution in [-0.4, -0.2) is 145 Å². The number of aryl methyl sites for hydroxylation is 4. The number of nitrogens with zero attached hydrogens (tertiary/aromatic N) is 6. The molecular weight excluding hydrogens is 1520 g/mol. The molecule has 10 N–H and O–H groups in total. The number of hydroxylamine groups is 1. The minimum absolute atomic E-state index is 0.0140. The van der Waals surface area contributed by atoms with E-state index in [2.05, 4.69) is 52.3 Å². The second-order valence-corrected chi connectivity index (χ2v) is 30.0. The predicted octanol–water partition coefficient (Wildman–Crippen LogP) is 10.6. The zero-order valence-electron chi connectivity index (χ0n) is 60.1. The molecule has 4 aromatic carbocycles. The summed E-state index contributed by atoms with van der Waals surface area (Å²) in [6, 6.07) is 21.2. The van der Waals surface area contributed by atoms with Gasteiger partial charge in [-0.1, -0.05) is 99.4 Å². The molecule has 0 unspecified atom stereocenters. The number of unbranched alkanes of at least 4 members (excludes halogenated alkanes) is 3. The number of benzene rings is 4. The van der Waals surface area contributed by atoms with Gasteiger partial charge in [0.05, 0.1) is 104 Å². The van der Waals surface area contributed by atoms with E-state index in [0.717, 1.165) is 50.0 Å². The molecule has 2 aliphatic heterocycles. The molecule has 0 spiro atoms. The number of aromatic nitrogens is 4. The molecule has 10 rings (SSSR count). The van der Waals surface area contributed by atoms with E-state index in [1.807, 2.05) is 113 Å². The SMILES string of the molecule is Cc1cc([C@H](C(=O)N2C[C@H](O)C[C@H]2C(=O)N[C@@H](CC(=O)NCCCCCCONC(=O)c2ccc(F)c(F)c2Nc2ccc(I)cc2F)c2ccc(-c3scnc3C)cc2)C(C)C)on1.Cc1cc([C@H](C(=O)N2C[C@H](O)C[C@H]2C(=O)N[C@@H](CC(=O)NCCN)c2ccc(-c3scnc3C)cc2)C(C)C)on1. The smallest absolute Gasteiger partial charge is 0.277 e. The normalized spacial score (nSPS) is 16.8. The second-order valence-electron chi connectivity index (χ2n) is 27.0. The van der Waals surface area contributed by atoms with E-state index in [4.69, 9.17) is 19.6 Å². The standard InChI is InChI=1S/C46H51F3IN7O7S.C29H38N6O5S/c1-25(2)40(38-19-26(3)55-64-38)46(62)57-23-31(58)21-37(57)45(61)54-36(28-9-11-29(12-10-28)43-27(4)52-24-65-43)22-39(59)51-17-7-5-6-8-18-63-56-44(60)32-14-15-33(47)41(49)42(32)53-35-16-13-30(50)20-34(35)48;1-16(2)26(24-11-17(3)34-40-24)29(39)35-14-21(36)12-23(35)28(38)33-22(13-25(37)31-10-9-30)19-5-7-20(8-6-19)27-18(4)32-15-41-27/h9-16,19-20,24-25,31,36-37,40,53,58H,5-8,17-18,21-23H2,1-4H3,(H,51,59)(H,54,61)(H,56,60);5-8,11,15-16,21-23,26,36H,9-10,12-14,30H2,1-4H3,(H,31,37)(H,33,38)/t31-,36+,37+,40-;21-,22+,23+,26-/m11/s1. The number of aliphatic hydroxyl groups excluding tert-OH is 2. The maximum absolute atomic E-state index is 14.8. The average molecular weight is 1610 g/mol. The molecule has 4 aromatic heterocycles. The Morgan fingerprint density at radius 1 is 0.632 bits per heavy atom. The number of nitrogens with two attached hydrogens (primary N) is 1. The van der Waals surface area contributed by atoms with Gasteiger partial charge >= 0.3 is 0 Å². The lowest BCUT2D eigenvalue weighted by Crippen LogP contribution is -2.49. The summed E-state index contributed by atoms with van der Waals surface area (Å²) in [7, 11) is 0. The van der Waals surface area contributed by atoms with E-state index in [9.17, 15) is 56.9 Å². The van der Waals surface area contributed by atoms with Crippen molar-refractivity contribution >= 4 is 98.0 Å². The van der Waals surface area contributed by atoms with Crippen LogP contribution >= 0.6 is 45.3 Å². The van der Waals surface area contributed by atoms with Crippen LogP contribution < -0.4 is 37.8 Å². The fourth-order valence-corrected chi connectivity index (χ4v) is 14.9. The highest BCUT2D eigenvalue weighted by Crippen LogP contribution is 2.37. The molecule has 0 radical (unpaired) electrons. The molecule has 8 aromatic rings. The summed E-state index contributed by atoms with van der Waals surface area (Å²) in [4.78, 5) is 113. The number of halogens is 4. The average Bonchev–Trinajstić information content (AvgIpc) is 1.52. The van der Waals surface area contributed by atoms with Crippen LogP contribution in [0, 0.1) is 60.6 Å². The number of β-amino-alcohol motifs (C(OH)–C–C–N with tert-alkyl or cyclic N) is 2. The van der Waals surface area contributed by atoms with E-state index in [1.54, 1.807) is 54.4 Å². The Bertz CT molecular complexity index is 4350. The quantitative estimate of drug-likeness (QED) is 0.0111. The number of aliphatic hydroxyl groups is 2. The highest BCUT2D eigenvalue weighted by molar-refractivity contribution is 14.1. The van der Waals surface area contributed by atoms with E-state index >= 15 is 0 Å². The maximum atomic E-state index is 14.8. The van der Waals surface area contributed by atoms with Crippen molar-refractivity contribution in [3.8, 4) is 20.9 Å². The van der Waals surface area contributed by atoms with Crippen LogP contribution in [0.3, 0.4) is 0 Å². The molecule has 0 bridgehead atoms. The van der Waals surface area contributed by atoms with Crippen LogP contribution in [0.1, 0.15) is 159 Å². The lowest BCUT2D eigenvalue weighted by molar-refractivity contribution is -0.141. The first kappa shape index (κ1) is 81.1.